The van der Waals surface area contributed by atoms with E-state index >= 15 is 0 Å². The average Bonchev–Trinajstić information content (AvgIpc) is 3.35. The van der Waals surface area contributed by atoms with E-state index < -0.39 is 17.8 Å². The Morgan fingerprint density at radius 2 is 1.79 bits per heavy atom. The van der Waals surface area contributed by atoms with Crippen LogP contribution in [-0.2, 0) is 28.7 Å². The van der Waals surface area contributed by atoms with Crippen LogP contribution in [0.5, 0.6) is 5.75 Å². The van der Waals surface area contributed by atoms with Crippen LogP contribution in [0.1, 0.15) is 34.1 Å². The molecule has 2 aromatic carbocycles. The first kappa shape index (κ1) is 28.8. The molecule has 2 aliphatic heterocycles. The summed E-state index contributed by atoms with van der Waals surface area (Å²) in [5.74, 6) is 0.0990. The highest BCUT2D eigenvalue weighted by molar-refractivity contribution is 6.32. The molecule has 1 fully saturated rings. The van der Waals surface area contributed by atoms with Gasteiger partial charge in [0.25, 0.3) is 5.91 Å². The van der Waals surface area contributed by atoms with Crippen LogP contribution < -0.4 is 4.74 Å². The van der Waals surface area contributed by atoms with Gasteiger partial charge < -0.3 is 18.8 Å². The second-order valence-electron chi connectivity index (χ2n) is 10.3. The zero-order valence-corrected chi connectivity index (χ0v) is 23.9. The zero-order valence-electron chi connectivity index (χ0n) is 22.4. The second-order valence-corrected chi connectivity index (χ2v) is 11.2. The molecule has 6 rings (SSSR count). The summed E-state index contributed by atoms with van der Waals surface area (Å²) in [7, 11) is 0. The van der Waals surface area contributed by atoms with E-state index in [1.165, 1.54) is 6.20 Å². The van der Waals surface area contributed by atoms with Gasteiger partial charge in [0.1, 0.15) is 11.4 Å². The Bertz CT molecular complexity index is 1600. The van der Waals surface area contributed by atoms with E-state index in [9.17, 15) is 18.0 Å². The predicted octanol–water partition coefficient (Wildman–Crippen LogP) is 6.05. The molecular formula is C30H27Cl2F3N4O3. The molecule has 0 saturated carbocycles. The lowest BCUT2D eigenvalue weighted by Gasteiger charge is -2.36. The molecular weight excluding hydrogens is 592 g/mol. The molecule has 4 heterocycles. The van der Waals surface area contributed by atoms with Gasteiger partial charge in [-0.05, 0) is 47.5 Å². The minimum Gasteiger partial charge on any atom is -0.482 e. The second kappa shape index (κ2) is 11.8. The van der Waals surface area contributed by atoms with Crippen LogP contribution in [0, 0.1) is 0 Å². The third-order valence-corrected chi connectivity index (χ3v) is 8.14. The number of carbonyl (C=O) groups is 1. The maximum Gasteiger partial charge on any atom is 0.416 e. The number of alkyl halides is 3. The Kier molecular flexibility index (Phi) is 8.06. The normalized spacial score (nSPS) is 17.8. The quantitative estimate of drug-likeness (QED) is 0.263. The van der Waals surface area contributed by atoms with Crippen LogP contribution in [0.15, 0.2) is 60.8 Å². The highest BCUT2D eigenvalue weighted by Crippen LogP contribution is 2.38. The van der Waals surface area contributed by atoms with E-state index in [1.807, 2.05) is 12.1 Å². The topological polar surface area (TPSA) is 59.3 Å². The van der Waals surface area contributed by atoms with Gasteiger partial charge >= 0.3 is 6.18 Å². The lowest BCUT2D eigenvalue weighted by atomic mass is 9.95. The molecule has 220 valence electrons. The molecule has 1 unspecified atom stereocenters. The van der Waals surface area contributed by atoms with Gasteiger partial charge in [-0.15, -0.1) is 0 Å². The van der Waals surface area contributed by atoms with Gasteiger partial charge in [0.15, 0.2) is 6.61 Å². The smallest absolute Gasteiger partial charge is 0.416 e. The van der Waals surface area contributed by atoms with Crippen molar-refractivity contribution < 1.29 is 27.4 Å². The van der Waals surface area contributed by atoms with E-state index in [-0.39, 0.29) is 18.2 Å². The Balaban J connectivity index is 1.25. The molecule has 4 aromatic rings. The minimum absolute atomic E-state index is 0.170. The first-order chi connectivity index (χ1) is 20.2. The fraction of sp³-hybridized carbons (Fsp3) is 0.333. The zero-order chi connectivity index (χ0) is 29.4. The molecule has 1 saturated heterocycles. The van der Waals surface area contributed by atoms with Crippen molar-refractivity contribution in [3.8, 4) is 5.75 Å². The Morgan fingerprint density at radius 1 is 1.02 bits per heavy atom. The minimum atomic E-state index is -4.49. The predicted molar refractivity (Wildman–Crippen MR) is 152 cm³/mol. The summed E-state index contributed by atoms with van der Waals surface area (Å²) in [5.41, 5.74) is 2.44. The SMILES string of the molecule is O=C(COc1ccc(CN2CCOCC2)cc1Cl)N1CCc2nc3cc(C(F)(F)F)ccn3c2C1c1ccc(Cl)cc1. The van der Waals surface area contributed by atoms with Gasteiger partial charge in [-0.1, -0.05) is 41.4 Å². The molecule has 0 radical (unpaired) electrons. The summed E-state index contributed by atoms with van der Waals surface area (Å²) < 4.78 is 53.1. The number of rotatable bonds is 6. The van der Waals surface area contributed by atoms with Crippen molar-refractivity contribution in [2.45, 2.75) is 25.2 Å². The molecule has 0 spiro atoms. The van der Waals surface area contributed by atoms with Crippen molar-refractivity contribution in [2.75, 3.05) is 39.5 Å². The summed E-state index contributed by atoms with van der Waals surface area (Å²) in [6, 6.07) is 14.0. The Hall–Kier alpha value is -3.31. The Labute approximate surface area is 250 Å². The number of carbonyl (C=O) groups excluding carboxylic acids is 1. The molecule has 0 N–H and O–H groups in total. The van der Waals surface area contributed by atoms with E-state index in [0.717, 1.165) is 42.9 Å². The maximum atomic E-state index is 13.7. The molecule has 2 aromatic heterocycles. The fourth-order valence-electron chi connectivity index (χ4n) is 5.52. The number of pyridine rings is 1. The molecule has 2 aliphatic rings. The van der Waals surface area contributed by atoms with E-state index in [1.54, 1.807) is 39.6 Å². The van der Waals surface area contributed by atoms with Crippen LogP contribution in [0.3, 0.4) is 0 Å². The number of hydrogen-bond donors (Lipinski definition) is 0. The highest BCUT2D eigenvalue weighted by atomic mass is 35.5. The summed E-state index contributed by atoms with van der Waals surface area (Å²) >= 11 is 12.7. The fourth-order valence-corrected chi connectivity index (χ4v) is 5.90. The van der Waals surface area contributed by atoms with E-state index in [2.05, 4.69) is 9.88 Å². The molecule has 42 heavy (non-hydrogen) atoms. The van der Waals surface area contributed by atoms with Gasteiger partial charge in [0.05, 0.1) is 41.2 Å². The summed E-state index contributed by atoms with van der Waals surface area (Å²) in [4.78, 5) is 22.1. The number of ether oxygens (including phenoxy) is 2. The van der Waals surface area contributed by atoms with Crippen molar-refractivity contribution in [3.05, 3.63) is 98.9 Å². The number of hydrogen-bond acceptors (Lipinski definition) is 5. The number of fused-ring (bicyclic) bond motifs is 3. The monoisotopic (exact) mass is 618 g/mol. The lowest BCUT2D eigenvalue weighted by molar-refractivity contribution is -0.137. The largest absolute Gasteiger partial charge is 0.482 e. The molecule has 0 aliphatic carbocycles. The third-order valence-electron chi connectivity index (χ3n) is 7.59. The summed E-state index contributed by atoms with van der Waals surface area (Å²) in [6.07, 6.45) is -2.76. The van der Waals surface area contributed by atoms with Gasteiger partial charge in [-0.2, -0.15) is 13.2 Å². The summed E-state index contributed by atoms with van der Waals surface area (Å²) in [6.45, 7) is 3.90. The number of amides is 1. The van der Waals surface area contributed by atoms with Crippen LogP contribution in [-0.4, -0.2) is 64.5 Å². The highest BCUT2D eigenvalue weighted by Gasteiger charge is 2.37. The van der Waals surface area contributed by atoms with Crippen molar-refractivity contribution in [1.29, 1.82) is 0 Å². The Morgan fingerprint density at radius 3 is 2.50 bits per heavy atom. The molecule has 12 heteroatoms. The summed E-state index contributed by atoms with van der Waals surface area (Å²) in [5, 5.41) is 0.932. The third kappa shape index (κ3) is 5.94. The number of nitrogens with zero attached hydrogens (tertiary/aromatic N) is 4. The maximum absolute atomic E-state index is 13.7. The number of benzene rings is 2. The lowest BCUT2D eigenvalue weighted by Crippen LogP contribution is -2.43. The molecule has 1 atom stereocenters. The van der Waals surface area contributed by atoms with Crippen molar-refractivity contribution >= 4 is 34.8 Å². The number of halogens is 5. The van der Waals surface area contributed by atoms with Gasteiger partial charge in [0.2, 0.25) is 0 Å². The van der Waals surface area contributed by atoms with Crippen molar-refractivity contribution in [1.82, 2.24) is 19.2 Å². The van der Waals surface area contributed by atoms with E-state index in [4.69, 9.17) is 32.7 Å². The van der Waals surface area contributed by atoms with Crippen molar-refractivity contribution in [3.63, 3.8) is 0 Å². The number of aromatic nitrogens is 2. The molecule has 0 bridgehead atoms. The van der Waals surface area contributed by atoms with E-state index in [0.29, 0.717) is 53.4 Å². The number of imidazole rings is 1. The number of morpholine rings is 1. The molecule has 7 nitrogen and oxygen atoms in total. The standard InChI is InChI=1S/C30H27Cl2F3N4O3/c31-22-4-2-20(3-5-22)28-29-24(36-26-16-21(30(33,34)35)7-9-38(26)29)8-10-39(28)27(40)18-42-25-6-1-19(15-23(25)32)17-37-11-13-41-14-12-37/h1-7,9,15-16,28H,8,10-14,17-18H2. The van der Waals surface area contributed by atoms with Gasteiger partial charge in [-0.25, -0.2) is 4.98 Å². The van der Waals surface area contributed by atoms with Crippen LogP contribution >= 0.6 is 23.2 Å². The van der Waals surface area contributed by atoms with Crippen LogP contribution in [0.25, 0.3) is 5.65 Å². The van der Waals surface area contributed by atoms with Crippen LogP contribution in [0.2, 0.25) is 10.0 Å². The van der Waals surface area contributed by atoms with Gasteiger partial charge in [-0.3, -0.25) is 9.69 Å². The molecule has 1 amide bonds. The average molecular weight is 619 g/mol. The first-order valence-corrected chi connectivity index (χ1v) is 14.3. The van der Waals surface area contributed by atoms with Crippen LogP contribution in [0.4, 0.5) is 13.2 Å². The van der Waals surface area contributed by atoms with Gasteiger partial charge in [0, 0.05) is 43.8 Å². The first-order valence-electron chi connectivity index (χ1n) is 13.5. The van der Waals surface area contributed by atoms with Crippen molar-refractivity contribution in [2.24, 2.45) is 0 Å².